The molecule has 4 nitrogen and oxygen atoms in total. The highest BCUT2D eigenvalue weighted by atomic mass is 16.1. The smallest absolute Gasteiger partial charge is 0.222 e. The van der Waals surface area contributed by atoms with Gasteiger partial charge in [0.25, 0.3) is 0 Å². The molecule has 1 aromatic rings. The maximum atomic E-state index is 8.35. The number of nitrogens with one attached hydrogen (secondary N) is 2. The molecule has 0 spiro atoms. The molecule has 0 aliphatic rings. The Labute approximate surface area is 95.3 Å². The minimum absolute atomic E-state index is 0.750. The second-order valence-electron chi connectivity index (χ2n) is 3.15. The van der Waals surface area contributed by atoms with E-state index in [2.05, 4.69) is 39.8 Å². The Morgan fingerprint density at radius 3 is 1.19 bits per heavy atom. The van der Waals surface area contributed by atoms with E-state index < -0.39 is 0 Å². The molecule has 86 valence electrons. The second kappa shape index (κ2) is 9.53. The zero-order valence-electron chi connectivity index (χ0n) is 9.97. The van der Waals surface area contributed by atoms with Crippen LogP contribution >= 0.6 is 0 Å². The molecule has 0 amide bonds. The van der Waals surface area contributed by atoms with Crippen molar-refractivity contribution in [3.05, 3.63) is 34.4 Å². The van der Waals surface area contributed by atoms with E-state index in [0.717, 1.165) is 12.2 Å². The molecule has 0 radical (unpaired) electrons. The summed E-state index contributed by atoms with van der Waals surface area (Å²) in [6, 6.07) is 4.36. The summed E-state index contributed by atoms with van der Waals surface area (Å²) in [5.74, 6) is 0. The van der Waals surface area contributed by atoms with E-state index in [1.54, 1.807) is 0 Å². The fraction of sp³-hybridized carbons (Fsp3) is 0.333. The molecule has 1 aromatic carbocycles. The van der Waals surface area contributed by atoms with Crippen molar-refractivity contribution in [2.75, 3.05) is 0 Å². The van der Waals surface area contributed by atoms with Crippen LogP contribution in [0, 0.1) is 38.5 Å². The van der Waals surface area contributed by atoms with Gasteiger partial charge in [0.2, 0.25) is 12.2 Å². The van der Waals surface area contributed by atoms with Crippen molar-refractivity contribution in [1.29, 1.82) is 10.8 Å². The van der Waals surface area contributed by atoms with Gasteiger partial charge in [-0.05, 0) is 49.9 Å². The molecule has 0 fully saturated rings. The number of isocyanates is 2. The SMILES string of the molecule is Cc1ccc(C)c(C)c1C.N=C=O.N=C=O. The number of carbonyl (C=O) groups excluding carboxylic acids is 2. The molecule has 0 aliphatic carbocycles. The number of rotatable bonds is 0. The van der Waals surface area contributed by atoms with Gasteiger partial charge in [0, 0.05) is 0 Å². The molecule has 0 unspecified atom stereocenters. The quantitative estimate of drug-likeness (QED) is 0.520. The van der Waals surface area contributed by atoms with E-state index in [0.29, 0.717) is 0 Å². The van der Waals surface area contributed by atoms with E-state index in [-0.39, 0.29) is 0 Å². The Morgan fingerprint density at radius 2 is 1.00 bits per heavy atom. The largest absolute Gasteiger partial charge is 0.231 e. The summed E-state index contributed by atoms with van der Waals surface area (Å²) in [6.07, 6.45) is 1.50. The molecule has 0 bridgehead atoms. The lowest BCUT2D eigenvalue weighted by molar-refractivity contribution is 0.562. The fourth-order valence-electron chi connectivity index (χ4n) is 1.09. The Kier molecular flexibility index (Phi) is 9.78. The van der Waals surface area contributed by atoms with Crippen LogP contribution in [0.1, 0.15) is 22.3 Å². The summed E-state index contributed by atoms with van der Waals surface area (Å²) in [5.41, 5.74) is 5.64. The normalized spacial score (nSPS) is 7.25. The molecule has 0 atom stereocenters. The molecule has 0 aromatic heterocycles. The van der Waals surface area contributed by atoms with Crippen LogP contribution in [0.5, 0.6) is 0 Å². The molecular weight excluding hydrogens is 204 g/mol. The summed E-state index contributed by atoms with van der Waals surface area (Å²) in [7, 11) is 0. The third-order valence-corrected chi connectivity index (χ3v) is 2.33. The maximum Gasteiger partial charge on any atom is 0.231 e. The predicted molar refractivity (Wildman–Crippen MR) is 62.2 cm³/mol. The maximum absolute atomic E-state index is 8.35. The first kappa shape index (κ1) is 16.4. The molecule has 0 heterocycles. The fourth-order valence-corrected chi connectivity index (χ4v) is 1.09. The van der Waals surface area contributed by atoms with E-state index in [9.17, 15) is 0 Å². The van der Waals surface area contributed by atoms with Gasteiger partial charge in [-0.3, -0.25) is 0 Å². The third-order valence-electron chi connectivity index (χ3n) is 2.33. The molecule has 2 N–H and O–H groups in total. The minimum Gasteiger partial charge on any atom is -0.222 e. The Hall–Kier alpha value is -2.02. The first-order valence-electron chi connectivity index (χ1n) is 4.57. The molecule has 0 aliphatic heterocycles. The summed E-state index contributed by atoms with van der Waals surface area (Å²) >= 11 is 0. The zero-order chi connectivity index (χ0) is 13.1. The predicted octanol–water partition coefficient (Wildman–Crippen LogP) is 2.72. The summed E-state index contributed by atoms with van der Waals surface area (Å²) in [4.78, 5) is 16.7. The number of aryl methyl sites for hydroxylation is 2. The highest BCUT2D eigenvalue weighted by molar-refractivity contribution is 5.37. The van der Waals surface area contributed by atoms with Crippen LogP contribution in [0.4, 0.5) is 0 Å². The second-order valence-corrected chi connectivity index (χ2v) is 3.15. The van der Waals surface area contributed by atoms with E-state index >= 15 is 0 Å². The van der Waals surface area contributed by atoms with Crippen molar-refractivity contribution in [2.45, 2.75) is 27.7 Å². The van der Waals surface area contributed by atoms with Crippen LogP contribution in [0.2, 0.25) is 0 Å². The Bertz CT molecular complexity index is 361. The number of hydrogen-bond acceptors (Lipinski definition) is 4. The van der Waals surface area contributed by atoms with Gasteiger partial charge in [0.15, 0.2) is 0 Å². The van der Waals surface area contributed by atoms with Gasteiger partial charge in [-0.15, -0.1) is 0 Å². The molecule has 4 heteroatoms. The zero-order valence-corrected chi connectivity index (χ0v) is 9.97. The van der Waals surface area contributed by atoms with E-state index in [1.807, 2.05) is 0 Å². The molecule has 0 saturated heterocycles. The highest BCUT2D eigenvalue weighted by Gasteiger charge is 1.97. The van der Waals surface area contributed by atoms with Gasteiger partial charge < -0.3 is 0 Å². The van der Waals surface area contributed by atoms with Gasteiger partial charge in [0.05, 0.1) is 0 Å². The summed E-state index contributed by atoms with van der Waals surface area (Å²) in [6.45, 7) is 8.67. The van der Waals surface area contributed by atoms with Crippen LogP contribution in [0.25, 0.3) is 0 Å². The number of benzene rings is 1. The lowest BCUT2D eigenvalue weighted by Gasteiger charge is -2.06. The van der Waals surface area contributed by atoms with Gasteiger partial charge in [-0.25, -0.2) is 20.4 Å². The first-order chi connectivity index (χ1) is 7.45. The first-order valence-corrected chi connectivity index (χ1v) is 4.57. The van der Waals surface area contributed by atoms with Crippen molar-refractivity contribution in [2.24, 2.45) is 0 Å². The highest BCUT2D eigenvalue weighted by Crippen LogP contribution is 2.15. The molecular formula is C12H16N2O2. The van der Waals surface area contributed by atoms with Crippen LogP contribution in [-0.4, -0.2) is 12.2 Å². The summed E-state index contributed by atoms with van der Waals surface area (Å²) in [5, 5.41) is 10.8. The summed E-state index contributed by atoms with van der Waals surface area (Å²) < 4.78 is 0. The van der Waals surface area contributed by atoms with Crippen molar-refractivity contribution in [1.82, 2.24) is 0 Å². The molecule has 0 saturated carbocycles. The average Bonchev–Trinajstić information content (AvgIpc) is 2.23. The van der Waals surface area contributed by atoms with Crippen molar-refractivity contribution in [3.63, 3.8) is 0 Å². The van der Waals surface area contributed by atoms with Gasteiger partial charge in [0.1, 0.15) is 0 Å². The standard InChI is InChI=1S/C10H14.2CHNO/c1-7-5-6-8(2)10(4)9(7)3;2*2-1-3/h5-6H,1-4H3;2*2H. The Balaban J connectivity index is 0. The Morgan fingerprint density at radius 1 is 0.812 bits per heavy atom. The van der Waals surface area contributed by atoms with Crippen LogP contribution in [0.15, 0.2) is 12.1 Å². The van der Waals surface area contributed by atoms with Crippen LogP contribution < -0.4 is 0 Å². The van der Waals surface area contributed by atoms with Gasteiger partial charge in [-0.1, -0.05) is 12.1 Å². The van der Waals surface area contributed by atoms with E-state index in [1.165, 1.54) is 22.3 Å². The lowest BCUT2D eigenvalue weighted by atomic mass is 10.0. The van der Waals surface area contributed by atoms with Crippen LogP contribution in [-0.2, 0) is 9.59 Å². The average molecular weight is 220 g/mol. The van der Waals surface area contributed by atoms with Crippen LogP contribution in [0.3, 0.4) is 0 Å². The van der Waals surface area contributed by atoms with Crippen molar-refractivity contribution >= 4 is 12.2 Å². The number of hydrogen-bond donors (Lipinski definition) is 2. The van der Waals surface area contributed by atoms with E-state index in [4.69, 9.17) is 20.4 Å². The molecule has 16 heavy (non-hydrogen) atoms. The van der Waals surface area contributed by atoms with Crippen molar-refractivity contribution in [3.8, 4) is 0 Å². The third kappa shape index (κ3) is 6.44. The minimum atomic E-state index is 0.750. The monoisotopic (exact) mass is 220 g/mol. The molecule has 1 rings (SSSR count). The van der Waals surface area contributed by atoms with Crippen molar-refractivity contribution < 1.29 is 9.59 Å². The topological polar surface area (TPSA) is 81.8 Å². The van der Waals surface area contributed by atoms with Gasteiger partial charge in [-0.2, -0.15) is 0 Å². The lowest BCUT2D eigenvalue weighted by Crippen LogP contribution is -1.88. The van der Waals surface area contributed by atoms with Gasteiger partial charge >= 0.3 is 0 Å².